The Balaban J connectivity index is 1.89. The zero-order chi connectivity index (χ0) is 14.9. The lowest BCUT2D eigenvalue weighted by molar-refractivity contribution is 0.0212. The summed E-state index contributed by atoms with van der Waals surface area (Å²) < 4.78 is 2.10. The zero-order valence-corrected chi connectivity index (χ0v) is 13.3. The van der Waals surface area contributed by atoms with Crippen molar-refractivity contribution in [2.45, 2.75) is 57.5 Å². The molecule has 0 aromatic carbocycles. The van der Waals surface area contributed by atoms with Crippen LogP contribution >= 0.6 is 0 Å². The number of amides is 1. The second kappa shape index (κ2) is 5.84. The molecule has 1 aliphatic heterocycles. The van der Waals surface area contributed by atoms with Gasteiger partial charge in [0, 0.05) is 31.9 Å². The molecule has 0 unspecified atom stereocenters. The molecule has 4 heteroatoms. The van der Waals surface area contributed by atoms with Crippen LogP contribution in [0.1, 0.15) is 62.5 Å². The van der Waals surface area contributed by atoms with Gasteiger partial charge in [-0.2, -0.15) is 0 Å². The molecular formula is C17H27N3O. The smallest absolute Gasteiger partial charge is 0.271 e. The molecule has 21 heavy (non-hydrogen) atoms. The van der Waals surface area contributed by atoms with Crippen molar-refractivity contribution in [2.75, 3.05) is 19.6 Å². The van der Waals surface area contributed by atoms with Crippen molar-refractivity contribution >= 4 is 5.91 Å². The van der Waals surface area contributed by atoms with Crippen molar-refractivity contribution in [3.63, 3.8) is 0 Å². The largest absolute Gasteiger partial charge is 0.341 e. The third-order valence-electron chi connectivity index (χ3n) is 5.12. The fourth-order valence-electron chi connectivity index (χ4n) is 3.98. The van der Waals surface area contributed by atoms with E-state index in [4.69, 9.17) is 0 Å². The number of rotatable bonds is 2. The van der Waals surface area contributed by atoms with Crippen LogP contribution in [0.25, 0.3) is 0 Å². The normalized spacial score (nSPS) is 22.0. The molecular weight excluding hydrogens is 262 g/mol. The van der Waals surface area contributed by atoms with E-state index in [-0.39, 0.29) is 11.4 Å². The summed E-state index contributed by atoms with van der Waals surface area (Å²) in [4.78, 5) is 15.3. The molecule has 3 rings (SSSR count). The second-order valence-electron chi connectivity index (χ2n) is 6.81. The first-order valence-electron chi connectivity index (χ1n) is 8.34. The van der Waals surface area contributed by atoms with Gasteiger partial charge in [0.05, 0.1) is 5.54 Å². The van der Waals surface area contributed by atoms with Crippen LogP contribution in [0, 0.1) is 0 Å². The zero-order valence-electron chi connectivity index (χ0n) is 13.3. The van der Waals surface area contributed by atoms with Gasteiger partial charge in [-0.15, -0.1) is 0 Å². The van der Waals surface area contributed by atoms with Gasteiger partial charge >= 0.3 is 0 Å². The fourth-order valence-corrected chi connectivity index (χ4v) is 3.98. The first-order valence-corrected chi connectivity index (χ1v) is 8.34. The number of hydrogen-bond donors (Lipinski definition) is 1. The molecule has 2 fully saturated rings. The highest BCUT2D eigenvalue weighted by Gasteiger charge is 2.42. The Morgan fingerprint density at radius 2 is 2.05 bits per heavy atom. The number of aromatic nitrogens is 1. The Hall–Kier alpha value is -1.29. The lowest BCUT2D eigenvalue weighted by Gasteiger charge is -2.49. The molecule has 116 valence electrons. The van der Waals surface area contributed by atoms with Gasteiger partial charge in [0.15, 0.2) is 0 Å². The molecule has 1 aliphatic carbocycles. The summed E-state index contributed by atoms with van der Waals surface area (Å²) in [6.45, 7) is 6.97. The van der Waals surface area contributed by atoms with E-state index in [0.29, 0.717) is 6.04 Å². The minimum absolute atomic E-state index is 0.0552. The average molecular weight is 289 g/mol. The van der Waals surface area contributed by atoms with Crippen LogP contribution in [0.2, 0.25) is 0 Å². The van der Waals surface area contributed by atoms with Crippen LogP contribution in [0.15, 0.2) is 18.3 Å². The maximum Gasteiger partial charge on any atom is 0.271 e. The van der Waals surface area contributed by atoms with Gasteiger partial charge in [-0.05, 0) is 38.8 Å². The monoisotopic (exact) mass is 289 g/mol. The summed E-state index contributed by atoms with van der Waals surface area (Å²) in [5, 5.41) is 3.51. The van der Waals surface area contributed by atoms with E-state index in [1.54, 1.807) is 0 Å². The van der Waals surface area contributed by atoms with E-state index in [9.17, 15) is 4.79 Å². The Bertz CT molecular complexity index is 492. The van der Waals surface area contributed by atoms with E-state index in [2.05, 4.69) is 28.6 Å². The molecule has 2 heterocycles. The number of nitrogens with one attached hydrogen (secondary N) is 1. The summed E-state index contributed by atoms with van der Waals surface area (Å²) in [6, 6.07) is 4.29. The van der Waals surface area contributed by atoms with Gasteiger partial charge in [0.25, 0.3) is 5.91 Å². The highest BCUT2D eigenvalue weighted by atomic mass is 16.2. The predicted molar refractivity (Wildman–Crippen MR) is 84.5 cm³/mol. The van der Waals surface area contributed by atoms with E-state index < -0.39 is 0 Å². The van der Waals surface area contributed by atoms with Crippen LogP contribution in [-0.2, 0) is 0 Å². The lowest BCUT2D eigenvalue weighted by Crippen LogP contribution is -2.63. The van der Waals surface area contributed by atoms with Crippen LogP contribution in [-0.4, -0.2) is 40.5 Å². The first-order chi connectivity index (χ1) is 10.1. The lowest BCUT2D eigenvalue weighted by atomic mass is 9.79. The van der Waals surface area contributed by atoms with Gasteiger partial charge < -0.3 is 14.8 Å². The maximum atomic E-state index is 13.1. The summed E-state index contributed by atoms with van der Waals surface area (Å²) in [5.41, 5.74) is 0.900. The van der Waals surface area contributed by atoms with Crippen LogP contribution in [0.4, 0.5) is 0 Å². The van der Waals surface area contributed by atoms with Crippen molar-refractivity contribution in [3.8, 4) is 0 Å². The first kappa shape index (κ1) is 14.6. The topological polar surface area (TPSA) is 37.3 Å². The summed E-state index contributed by atoms with van der Waals surface area (Å²) in [7, 11) is 0. The maximum absolute atomic E-state index is 13.1. The van der Waals surface area contributed by atoms with Crippen molar-refractivity contribution in [3.05, 3.63) is 24.0 Å². The van der Waals surface area contributed by atoms with Gasteiger partial charge in [-0.1, -0.05) is 19.3 Å². The molecule has 2 aliphatic rings. The number of nitrogens with zero attached hydrogens (tertiary/aromatic N) is 2. The van der Waals surface area contributed by atoms with Crippen molar-refractivity contribution in [1.82, 2.24) is 14.8 Å². The van der Waals surface area contributed by atoms with Crippen molar-refractivity contribution in [2.24, 2.45) is 0 Å². The van der Waals surface area contributed by atoms with Gasteiger partial charge in [-0.25, -0.2) is 0 Å². The highest BCUT2D eigenvalue weighted by molar-refractivity contribution is 5.93. The number of hydrogen-bond acceptors (Lipinski definition) is 2. The number of carbonyl (C=O) groups is 1. The minimum Gasteiger partial charge on any atom is -0.341 e. The van der Waals surface area contributed by atoms with Crippen LogP contribution in [0.3, 0.4) is 0 Å². The molecule has 0 bridgehead atoms. The molecule has 1 amide bonds. The van der Waals surface area contributed by atoms with E-state index in [1.165, 1.54) is 19.3 Å². The molecule has 1 N–H and O–H groups in total. The summed E-state index contributed by atoms with van der Waals surface area (Å²) >= 11 is 0. The SMILES string of the molecule is CC(C)n1cccc1C(=O)N1CCNCC12CCCCC2. The second-order valence-corrected chi connectivity index (χ2v) is 6.81. The minimum atomic E-state index is 0.0552. The van der Waals surface area contributed by atoms with Gasteiger partial charge in [0.2, 0.25) is 0 Å². The average Bonchev–Trinajstić information content (AvgIpc) is 2.97. The van der Waals surface area contributed by atoms with Gasteiger partial charge in [-0.3, -0.25) is 4.79 Å². The molecule has 0 atom stereocenters. The van der Waals surface area contributed by atoms with E-state index in [0.717, 1.165) is 38.2 Å². The van der Waals surface area contributed by atoms with Crippen LogP contribution < -0.4 is 5.32 Å². The van der Waals surface area contributed by atoms with Crippen molar-refractivity contribution in [1.29, 1.82) is 0 Å². The highest BCUT2D eigenvalue weighted by Crippen LogP contribution is 2.35. The molecule has 1 aromatic rings. The molecule has 0 radical (unpaired) electrons. The molecule has 1 spiro atoms. The van der Waals surface area contributed by atoms with Gasteiger partial charge in [0.1, 0.15) is 5.69 Å². The van der Waals surface area contributed by atoms with E-state index >= 15 is 0 Å². The summed E-state index contributed by atoms with van der Waals surface area (Å²) in [5.74, 6) is 0.220. The third-order valence-corrected chi connectivity index (χ3v) is 5.12. The van der Waals surface area contributed by atoms with E-state index in [1.807, 2.05) is 18.3 Å². The fraction of sp³-hybridized carbons (Fsp3) is 0.706. The van der Waals surface area contributed by atoms with Crippen LogP contribution in [0.5, 0.6) is 0 Å². The Kier molecular flexibility index (Phi) is 4.07. The molecule has 1 saturated carbocycles. The molecule has 1 aromatic heterocycles. The Morgan fingerprint density at radius 1 is 1.29 bits per heavy atom. The molecule has 1 saturated heterocycles. The Morgan fingerprint density at radius 3 is 2.76 bits per heavy atom. The predicted octanol–water partition coefficient (Wildman–Crippen LogP) is 2.82. The van der Waals surface area contributed by atoms with Crippen molar-refractivity contribution < 1.29 is 4.79 Å². The quantitative estimate of drug-likeness (QED) is 0.909. The third kappa shape index (κ3) is 2.61. The number of piperazine rings is 1. The number of carbonyl (C=O) groups excluding carboxylic acids is 1. The Labute approximate surface area is 127 Å². The summed E-state index contributed by atoms with van der Waals surface area (Å²) in [6.07, 6.45) is 8.12. The standard InChI is InChI=1S/C17H27N3O/c1-14(2)19-11-6-7-15(19)16(21)20-12-10-18-13-17(20)8-4-3-5-9-17/h6-7,11,14,18H,3-5,8-10,12-13H2,1-2H3. The molecule has 4 nitrogen and oxygen atoms in total.